The van der Waals surface area contributed by atoms with Gasteiger partial charge < -0.3 is 14.2 Å². The van der Waals surface area contributed by atoms with Crippen LogP contribution in [0.2, 0.25) is 0 Å². The molecule has 5 nitrogen and oxygen atoms in total. The van der Waals surface area contributed by atoms with Crippen LogP contribution in [0.15, 0.2) is 53.1 Å². The maximum atomic E-state index is 13.1. The summed E-state index contributed by atoms with van der Waals surface area (Å²) in [6.45, 7) is -0.0787. The van der Waals surface area contributed by atoms with Crippen LogP contribution >= 0.6 is 0 Å². The molecule has 0 N–H and O–H groups in total. The van der Waals surface area contributed by atoms with Crippen LogP contribution in [0.1, 0.15) is 12.8 Å². The van der Waals surface area contributed by atoms with Crippen LogP contribution in [0.5, 0.6) is 5.75 Å². The molecule has 8 heteroatoms. The zero-order chi connectivity index (χ0) is 18.5. The molecule has 0 bridgehead atoms. The van der Waals surface area contributed by atoms with Crippen LogP contribution in [0, 0.1) is 5.82 Å². The van der Waals surface area contributed by atoms with E-state index in [1.165, 1.54) is 18.2 Å². The average Bonchev–Trinajstić information content (AvgIpc) is 3.09. The van der Waals surface area contributed by atoms with E-state index < -0.39 is 6.61 Å². The third-order valence-electron chi connectivity index (χ3n) is 3.71. The molecule has 0 radical (unpaired) electrons. The van der Waals surface area contributed by atoms with Gasteiger partial charge in [0.05, 0.1) is 12.1 Å². The number of rotatable bonds is 7. The fourth-order valence-electron chi connectivity index (χ4n) is 2.48. The summed E-state index contributed by atoms with van der Waals surface area (Å²) in [5, 5.41) is 3.85. The summed E-state index contributed by atoms with van der Waals surface area (Å²) < 4.78 is 47.9. The predicted molar refractivity (Wildman–Crippen MR) is 89.5 cm³/mol. The fourth-order valence-corrected chi connectivity index (χ4v) is 2.48. The van der Waals surface area contributed by atoms with E-state index in [-0.39, 0.29) is 17.4 Å². The molecular weight excluding hydrogens is 347 g/mol. The number of nitrogens with zero attached hydrogens (tertiary/aromatic N) is 3. The highest BCUT2D eigenvalue weighted by Gasteiger charge is 2.17. The van der Waals surface area contributed by atoms with E-state index in [9.17, 15) is 13.2 Å². The summed E-state index contributed by atoms with van der Waals surface area (Å²) in [6, 6.07) is 12.3. The van der Waals surface area contributed by atoms with Gasteiger partial charge in [-0.25, -0.2) is 4.39 Å². The maximum absolute atomic E-state index is 13.1. The smallest absolute Gasteiger partial charge is 0.387 e. The number of benzene rings is 2. The molecular formula is C18H16F3N3O2. The van der Waals surface area contributed by atoms with Gasteiger partial charge in [-0.2, -0.15) is 13.8 Å². The van der Waals surface area contributed by atoms with Gasteiger partial charge in [0.2, 0.25) is 11.7 Å². The minimum Gasteiger partial charge on any atom is -0.434 e. The Kier molecular flexibility index (Phi) is 5.40. The monoisotopic (exact) mass is 363 g/mol. The highest BCUT2D eigenvalue weighted by molar-refractivity contribution is 5.63. The van der Waals surface area contributed by atoms with Gasteiger partial charge in [0.25, 0.3) is 0 Å². The molecule has 3 rings (SSSR count). The van der Waals surface area contributed by atoms with Crippen LogP contribution in [0.4, 0.5) is 18.9 Å². The lowest BCUT2D eigenvalue weighted by Crippen LogP contribution is -2.22. The minimum atomic E-state index is -2.95. The lowest BCUT2D eigenvalue weighted by Gasteiger charge is -2.20. The SMILES string of the molecule is CCN(Cc1nc(-c2ccccc2OC(F)F)no1)c1ccc(F)cc1. The number of hydrogen-bond donors (Lipinski definition) is 0. The summed E-state index contributed by atoms with van der Waals surface area (Å²) in [5.74, 6) is 0.116. The van der Waals surface area contributed by atoms with E-state index >= 15 is 0 Å². The van der Waals surface area contributed by atoms with E-state index in [2.05, 4.69) is 14.9 Å². The molecule has 1 aromatic heterocycles. The van der Waals surface area contributed by atoms with Crippen molar-refractivity contribution >= 4 is 5.69 Å². The second-order valence-electron chi connectivity index (χ2n) is 5.38. The number of ether oxygens (including phenoxy) is 1. The van der Waals surface area contributed by atoms with E-state index in [0.29, 0.717) is 24.5 Å². The molecule has 1 heterocycles. The van der Waals surface area contributed by atoms with E-state index in [1.807, 2.05) is 11.8 Å². The predicted octanol–water partition coefficient (Wildman–Crippen LogP) is 4.50. The molecule has 2 aromatic carbocycles. The minimum absolute atomic E-state index is 0.0271. The molecule has 0 amide bonds. The first-order chi connectivity index (χ1) is 12.6. The first-order valence-electron chi connectivity index (χ1n) is 7.94. The van der Waals surface area contributed by atoms with Gasteiger partial charge in [0.1, 0.15) is 11.6 Å². The molecule has 0 atom stereocenters. The Bertz CT molecular complexity index is 853. The van der Waals surface area contributed by atoms with Gasteiger partial charge in [-0.15, -0.1) is 0 Å². The van der Waals surface area contributed by atoms with Crippen molar-refractivity contribution in [1.29, 1.82) is 0 Å². The molecule has 0 aliphatic rings. The van der Waals surface area contributed by atoms with Crippen LogP contribution < -0.4 is 9.64 Å². The van der Waals surface area contributed by atoms with Crippen molar-refractivity contribution < 1.29 is 22.4 Å². The van der Waals surface area contributed by atoms with Gasteiger partial charge in [-0.05, 0) is 43.3 Å². The Morgan fingerprint density at radius 1 is 1.12 bits per heavy atom. The summed E-state index contributed by atoms with van der Waals surface area (Å²) in [5.41, 5.74) is 1.11. The molecule has 0 aliphatic carbocycles. The van der Waals surface area contributed by atoms with Crippen LogP contribution in [0.25, 0.3) is 11.4 Å². The Balaban J connectivity index is 1.80. The Hall–Kier alpha value is -3.03. The third-order valence-corrected chi connectivity index (χ3v) is 3.71. The Labute approximate surface area is 148 Å². The lowest BCUT2D eigenvalue weighted by molar-refractivity contribution is -0.0494. The number of halogens is 3. The van der Waals surface area contributed by atoms with E-state index in [0.717, 1.165) is 5.69 Å². The second kappa shape index (κ2) is 7.90. The van der Waals surface area contributed by atoms with Crippen LogP contribution in [0.3, 0.4) is 0 Å². The molecule has 0 unspecified atom stereocenters. The van der Waals surface area contributed by atoms with E-state index in [4.69, 9.17) is 4.52 Å². The number of anilines is 1. The molecule has 3 aromatic rings. The van der Waals surface area contributed by atoms with Gasteiger partial charge in [0.15, 0.2) is 0 Å². The molecule has 0 saturated heterocycles. The van der Waals surface area contributed by atoms with Crippen molar-refractivity contribution in [2.24, 2.45) is 0 Å². The fraction of sp³-hybridized carbons (Fsp3) is 0.222. The summed E-state index contributed by atoms with van der Waals surface area (Å²) in [6.07, 6.45) is 0. The summed E-state index contributed by atoms with van der Waals surface area (Å²) in [4.78, 5) is 6.18. The number of para-hydroxylation sites is 1. The average molecular weight is 363 g/mol. The highest BCUT2D eigenvalue weighted by Crippen LogP contribution is 2.29. The standard InChI is InChI=1S/C18H16F3N3O2/c1-2-24(13-9-7-12(19)8-10-13)11-16-22-17(23-26-16)14-5-3-4-6-15(14)25-18(20)21/h3-10,18H,2,11H2,1H3. The normalized spacial score (nSPS) is 11.0. The van der Waals surface area contributed by atoms with Gasteiger partial charge in [0, 0.05) is 12.2 Å². The molecule has 0 fully saturated rings. The van der Waals surface area contributed by atoms with Gasteiger partial charge in [-0.1, -0.05) is 17.3 Å². The second-order valence-corrected chi connectivity index (χ2v) is 5.38. The first kappa shape index (κ1) is 17.8. The van der Waals surface area contributed by atoms with Crippen molar-refractivity contribution in [3.8, 4) is 17.1 Å². The third kappa shape index (κ3) is 4.14. The Morgan fingerprint density at radius 2 is 1.85 bits per heavy atom. The van der Waals surface area contributed by atoms with Crippen molar-refractivity contribution in [3.05, 3.63) is 60.2 Å². The van der Waals surface area contributed by atoms with Crippen molar-refractivity contribution in [3.63, 3.8) is 0 Å². The van der Waals surface area contributed by atoms with Crippen LogP contribution in [-0.2, 0) is 6.54 Å². The molecule has 26 heavy (non-hydrogen) atoms. The summed E-state index contributed by atoms with van der Waals surface area (Å²) >= 11 is 0. The molecule has 0 spiro atoms. The molecule has 136 valence electrons. The Morgan fingerprint density at radius 3 is 2.54 bits per heavy atom. The first-order valence-corrected chi connectivity index (χ1v) is 7.94. The van der Waals surface area contributed by atoms with Gasteiger partial charge >= 0.3 is 6.61 Å². The van der Waals surface area contributed by atoms with Crippen molar-refractivity contribution in [2.45, 2.75) is 20.1 Å². The maximum Gasteiger partial charge on any atom is 0.387 e. The number of hydrogen-bond acceptors (Lipinski definition) is 5. The van der Waals surface area contributed by atoms with Gasteiger partial charge in [-0.3, -0.25) is 0 Å². The largest absolute Gasteiger partial charge is 0.434 e. The number of aromatic nitrogens is 2. The lowest BCUT2D eigenvalue weighted by atomic mass is 10.2. The highest BCUT2D eigenvalue weighted by atomic mass is 19.3. The van der Waals surface area contributed by atoms with Crippen molar-refractivity contribution in [1.82, 2.24) is 10.1 Å². The number of alkyl halides is 2. The topological polar surface area (TPSA) is 51.4 Å². The molecule has 0 aliphatic heterocycles. The summed E-state index contributed by atoms with van der Waals surface area (Å²) in [7, 11) is 0. The van der Waals surface area contributed by atoms with E-state index in [1.54, 1.807) is 30.3 Å². The zero-order valence-corrected chi connectivity index (χ0v) is 13.9. The molecule has 0 saturated carbocycles. The zero-order valence-electron chi connectivity index (χ0n) is 13.9. The quantitative estimate of drug-likeness (QED) is 0.618. The van der Waals surface area contributed by atoms with Crippen molar-refractivity contribution in [2.75, 3.05) is 11.4 Å². The van der Waals surface area contributed by atoms with Crippen LogP contribution in [-0.4, -0.2) is 23.3 Å².